The van der Waals surface area contributed by atoms with E-state index in [9.17, 15) is 4.79 Å². The Labute approximate surface area is 104 Å². The number of rotatable bonds is 6. The van der Waals surface area contributed by atoms with Gasteiger partial charge in [0.25, 0.3) is 0 Å². The molecule has 1 aliphatic rings. The van der Waals surface area contributed by atoms with E-state index in [2.05, 4.69) is 31.0 Å². The van der Waals surface area contributed by atoms with Crippen molar-refractivity contribution in [2.75, 3.05) is 19.6 Å². The number of hydrogen-bond acceptors (Lipinski definition) is 3. The van der Waals surface area contributed by atoms with E-state index in [4.69, 9.17) is 5.11 Å². The summed E-state index contributed by atoms with van der Waals surface area (Å²) < 4.78 is 0. The maximum Gasteiger partial charge on any atom is 0.317 e. The predicted octanol–water partition coefficient (Wildman–Crippen LogP) is 1.56. The molecule has 4 nitrogen and oxygen atoms in total. The van der Waals surface area contributed by atoms with Gasteiger partial charge in [0.1, 0.15) is 0 Å². The maximum atomic E-state index is 10.7. The van der Waals surface area contributed by atoms with Crippen LogP contribution in [0.15, 0.2) is 0 Å². The molecule has 17 heavy (non-hydrogen) atoms. The molecule has 0 aliphatic heterocycles. The van der Waals surface area contributed by atoms with Crippen LogP contribution in [0.4, 0.5) is 0 Å². The molecular formula is C13H26N2O2. The zero-order chi connectivity index (χ0) is 13.1. The highest BCUT2D eigenvalue weighted by molar-refractivity contribution is 5.69. The SMILES string of the molecule is CCN(CC(=O)O)C1CC(NCC(C)(C)C)C1. The van der Waals surface area contributed by atoms with Crippen molar-refractivity contribution in [1.29, 1.82) is 0 Å². The summed E-state index contributed by atoms with van der Waals surface area (Å²) in [4.78, 5) is 12.7. The third-order valence-electron chi connectivity index (χ3n) is 3.30. The van der Waals surface area contributed by atoms with Crippen molar-refractivity contribution >= 4 is 5.97 Å². The number of nitrogens with zero attached hydrogens (tertiary/aromatic N) is 1. The van der Waals surface area contributed by atoms with Crippen molar-refractivity contribution in [1.82, 2.24) is 10.2 Å². The molecule has 1 aliphatic carbocycles. The summed E-state index contributed by atoms with van der Waals surface area (Å²) in [7, 11) is 0. The van der Waals surface area contributed by atoms with Crippen molar-refractivity contribution in [3.05, 3.63) is 0 Å². The first-order valence-corrected chi connectivity index (χ1v) is 6.51. The minimum absolute atomic E-state index is 0.174. The van der Waals surface area contributed by atoms with E-state index < -0.39 is 5.97 Å². The van der Waals surface area contributed by atoms with Crippen molar-refractivity contribution in [3.63, 3.8) is 0 Å². The van der Waals surface area contributed by atoms with Gasteiger partial charge < -0.3 is 10.4 Å². The second-order valence-electron chi connectivity index (χ2n) is 6.22. The van der Waals surface area contributed by atoms with Crippen molar-refractivity contribution in [2.45, 2.75) is 52.6 Å². The quantitative estimate of drug-likeness (QED) is 0.742. The summed E-state index contributed by atoms with van der Waals surface area (Å²) in [6.45, 7) is 10.7. The highest BCUT2D eigenvalue weighted by Crippen LogP contribution is 2.26. The molecule has 2 N–H and O–H groups in total. The summed E-state index contributed by atoms with van der Waals surface area (Å²) in [5, 5.41) is 12.3. The van der Waals surface area contributed by atoms with E-state index in [0.717, 1.165) is 25.9 Å². The molecule has 0 radical (unpaired) electrons. The normalized spacial score (nSPS) is 24.8. The minimum Gasteiger partial charge on any atom is -0.480 e. The zero-order valence-electron chi connectivity index (χ0n) is 11.5. The Morgan fingerprint density at radius 2 is 2.00 bits per heavy atom. The lowest BCUT2D eigenvalue weighted by atomic mass is 9.84. The molecule has 0 amide bonds. The second kappa shape index (κ2) is 5.83. The Morgan fingerprint density at radius 3 is 2.41 bits per heavy atom. The molecule has 0 atom stereocenters. The van der Waals surface area contributed by atoms with Gasteiger partial charge in [-0.25, -0.2) is 0 Å². The Hall–Kier alpha value is -0.610. The van der Waals surface area contributed by atoms with Gasteiger partial charge >= 0.3 is 5.97 Å². The number of aliphatic carboxylic acids is 1. The van der Waals surface area contributed by atoms with Crippen LogP contribution < -0.4 is 5.32 Å². The third kappa shape index (κ3) is 5.04. The average molecular weight is 242 g/mol. The van der Waals surface area contributed by atoms with Crippen LogP contribution in [0.3, 0.4) is 0 Å². The van der Waals surface area contributed by atoms with Crippen LogP contribution in [0, 0.1) is 5.41 Å². The van der Waals surface area contributed by atoms with Gasteiger partial charge in [0.2, 0.25) is 0 Å². The first-order valence-electron chi connectivity index (χ1n) is 6.51. The monoisotopic (exact) mass is 242 g/mol. The highest BCUT2D eigenvalue weighted by atomic mass is 16.4. The Balaban J connectivity index is 2.23. The number of carboxylic acids is 1. The van der Waals surface area contributed by atoms with E-state index in [1.165, 1.54) is 0 Å². The molecular weight excluding hydrogens is 216 g/mol. The van der Waals surface area contributed by atoms with Crippen LogP contribution in [0.25, 0.3) is 0 Å². The molecule has 0 saturated heterocycles. The number of nitrogens with one attached hydrogen (secondary N) is 1. The van der Waals surface area contributed by atoms with Gasteiger partial charge in [0.15, 0.2) is 0 Å². The predicted molar refractivity (Wildman–Crippen MR) is 69.2 cm³/mol. The maximum absolute atomic E-state index is 10.7. The van der Waals surface area contributed by atoms with E-state index >= 15 is 0 Å². The van der Waals surface area contributed by atoms with Crippen LogP contribution in [0.2, 0.25) is 0 Å². The molecule has 0 unspecified atom stereocenters. The number of hydrogen-bond donors (Lipinski definition) is 2. The molecule has 0 aromatic carbocycles. The van der Waals surface area contributed by atoms with E-state index in [1.807, 2.05) is 6.92 Å². The Kier molecular flexibility index (Phi) is 4.95. The van der Waals surface area contributed by atoms with Crippen molar-refractivity contribution in [2.24, 2.45) is 5.41 Å². The molecule has 0 bridgehead atoms. The molecule has 1 saturated carbocycles. The molecule has 1 fully saturated rings. The summed E-state index contributed by atoms with van der Waals surface area (Å²) in [6, 6.07) is 1.02. The summed E-state index contributed by atoms with van der Waals surface area (Å²) in [5.41, 5.74) is 0.316. The number of carboxylic acid groups (broad SMARTS) is 1. The van der Waals surface area contributed by atoms with Gasteiger partial charge in [-0.1, -0.05) is 27.7 Å². The number of likely N-dealkylation sites (N-methyl/N-ethyl adjacent to an activating group) is 1. The first kappa shape index (κ1) is 14.5. The zero-order valence-corrected chi connectivity index (χ0v) is 11.5. The van der Waals surface area contributed by atoms with Crippen molar-refractivity contribution < 1.29 is 9.90 Å². The minimum atomic E-state index is -0.724. The smallest absolute Gasteiger partial charge is 0.317 e. The summed E-state index contributed by atoms with van der Waals surface area (Å²) in [6.07, 6.45) is 2.16. The largest absolute Gasteiger partial charge is 0.480 e. The highest BCUT2D eigenvalue weighted by Gasteiger charge is 2.33. The van der Waals surface area contributed by atoms with Crippen molar-refractivity contribution in [3.8, 4) is 0 Å². The van der Waals surface area contributed by atoms with Gasteiger partial charge in [-0.05, 0) is 24.8 Å². The Morgan fingerprint density at radius 1 is 1.41 bits per heavy atom. The fourth-order valence-corrected chi connectivity index (χ4v) is 2.18. The van der Waals surface area contributed by atoms with Crippen LogP contribution in [0.1, 0.15) is 40.5 Å². The van der Waals surface area contributed by atoms with Gasteiger partial charge in [-0.2, -0.15) is 0 Å². The van der Waals surface area contributed by atoms with E-state index in [1.54, 1.807) is 0 Å². The Bertz CT molecular complexity index is 255. The third-order valence-corrected chi connectivity index (χ3v) is 3.30. The standard InChI is InChI=1S/C13H26N2O2/c1-5-15(8-12(16)17)11-6-10(7-11)14-9-13(2,3)4/h10-11,14H,5-9H2,1-4H3,(H,16,17). The molecule has 100 valence electrons. The molecule has 0 aromatic rings. The van der Waals surface area contributed by atoms with Crippen LogP contribution >= 0.6 is 0 Å². The summed E-state index contributed by atoms with van der Waals surface area (Å²) >= 11 is 0. The molecule has 0 heterocycles. The second-order valence-corrected chi connectivity index (χ2v) is 6.22. The molecule has 0 aromatic heterocycles. The summed E-state index contributed by atoms with van der Waals surface area (Å²) in [5.74, 6) is -0.724. The van der Waals surface area contributed by atoms with Gasteiger partial charge in [0.05, 0.1) is 6.54 Å². The lowest BCUT2D eigenvalue weighted by molar-refractivity contribution is -0.139. The average Bonchev–Trinajstić information content (AvgIpc) is 2.10. The topological polar surface area (TPSA) is 52.6 Å². The van der Waals surface area contributed by atoms with Crippen LogP contribution in [-0.4, -0.2) is 47.7 Å². The van der Waals surface area contributed by atoms with Crippen LogP contribution in [-0.2, 0) is 4.79 Å². The van der Waals surface area contributed by atoms with Gasteiger partial charge in [0, 0.05) is 18.6 Å². The first-order chi connectivity index (χ1) is 7.81. The van der Waals surface area contributed by atoms with E-state index in [-0.39, 0.29) is 6.54 Å². The molecule has 0 spiro atoms. The lowest BCUT2D eigenvalue weighted by Crippen LogP contribution is -2.54. The van der Waals surface area contributed by atoms with E-state index in [0.29, 0.717) is 17.5 Å². The molecule has 1 rings (SSSR count). The van der Waals surface area contributed by atoms with Gasteiger partial charge in [-0.3, -0.25) is 9.69 Å². The lowest BCUT2D eigenvalue weighted by Gasteiger charge is -2.43. The van der Waals surface area contributed by atoms with Gasteiger partial charge in [-0.15, -0.1) is 0 Å². The molecule has 4 heteroatoms. The fourth-order valence-electron chi connectivity index (χ4n) is 2.18. The fraction of sp³-hybridized carbons (Fsp3) is 0.923. The van der Waals surface area contributed by atoms with Crippen LogP contribution in [0.5, 0.6) is 0 Å². The number of carbonyl (C=O) groups is 1.